The second-order valence-corrected chi connectivity index (χ2v) is 3.61. The number of hydrogen-bond donors (Lipinski definition) is 0. The number of halogens is 1. The van der Waals surface area contributed by atoms with Gasteiger partial charge in [-0.15, -0.1) is 0 Å². The molecule has 70 valence electrons. The van der Waals surface area contributed by atoms with Crippen LogP contribution in [0.25, 0.3) is 0 Å². The molecular weight excluding hydrogens is 283 g/mol. The maximum Gasteiger partial charge on any atom is 0.337 e. The molecule has 0 atom stereocenters. The Morgan fingerprint density at radius 2 is 2.31 bits per heavy atom. The van der Waals surface area contributed by atoms with Gasteiger partial charge < -0.3 is 9.47 Å². The highest BCUT2D eigenvalue weighted by atomic mass is 127. The first-order valence-electron chi connectivity index (χ1n) is 3.67. The molecule has 0 radical (unpaired) electrons. The Morgan fingerprint density at radius 1 is 1.54 bits per heavy atom. The Balaban J connectivity index is 2.58. The number of benzene rings is 1. The van der Waals surface area contributed by atoms with Crippen LogP contribution in [0.2, 0.25) is 0 Å². The van der Waals surface area contributed by atoms with Crippen LogP contribution in [0, 0.1) is 3.57 Å². The van der Waals surface area contributed by atoms with Crippen LogP contribution in [0.3, 0.4) is 0 Å². The Labute approximate surface area is 90.2 Å². The number of methoxy groups -OCH3 is 1. The summed E-state index contributed by atoms with van der Waals surface area (Å²) >= 11 is 2.15. The van der Waals surface area contributed by atoms with Gasteiger partial charge in [-0.05, 0) is 40.8 Å². The zero-order valence-corrected chi connectivity index (χ0v) is 9.28. The van der Waals surface area contributed by atoms with Crippen molar-refractivity contribution in [1.29, 1.82) is 0 Å². The molecule has 0 aliphatic rings. The zero-order valence-electron chi connectivity index (χ0n) is 7.12. The quantitative estimate of drug-likeness (QED) is 0.484. The normalized spacial score (nSPS) is 9.69. The highest BCUT2D eigenvalue weighted by Gasteiger charge is 2.03. The first-order valence-corrected chi connectivity index (χ1v) is 4.75. The molecule has 4 heteroatoms. The van der Waals surface area contributed by atoms with Crippen LogP contribution >= 0.6 is 22.6 Å². The summed E-state index contributed by atoms with van der Waals surface area (Å²) in [6.45, 7) is -0.0223. The Kier molecular flexibility index (Phi) is 4.17. The van der Waals surface area contributed by atoms with Crippen molar-refractivity contribution in [2.24, 2.45) is 0 Å². The first kappa shape index (κ1) is 10.5. The number of rotatable bonds is 3. The molecule has 0 N–H and O–H groups in total. The maximum atomic E-state index is 11.0. The summed E-state index contributed by atoms with van der Waals surface area (Å²) in [5.41, 5.74) is 0. The summed E-state index contributed by atoms with van der Waals surface area (Å²) < 4.78 is 10.6. The monoisotopic (exact) mass is 292 g/mol. The third-order valence-corrected chi connectivity index (χ3v) is 1.96. The molecule has 0 aliphatic carbocycles. The number of esters is 1. The standard InChI is InChI=1S/C9H9IO3/c1-12-6-9(11)13-8-4-2-3-7(10)5-8/h2-5H,6H2,1H3. The summed E-state index contributed by atoms with van der Waals surface area (Å²) in [5.74, 6) is 0.165. The third kappa shape index (κ3) is 3.73. The molecule has 0 bridgehead atoms. The minimum absolute atomic E-state index is 0.0223. The lowest BCUT2D eigenvalue weighted by molar-refractivity contribution is -0.138. The summed E-state index contributed by atoms with van der Waals surface area (Å²) in [4.78, 5) is 11.0. The van der Waals surface area contributed by atoms with Crippen molar-refractivity contribution in [3.8, 4) is 5.75 Å². The van der Waals surface area contributed by atoms with Crippen molar-refractivity contribution < 1.29 is 14.3 Å². The lowest BCUT2D eigenvalue weighted by Gasteiger charge is -2.02. The predicted molar refractivity (Wildman–Crippen MR) is 56.7 cm³/mol. The predicted octanol–water partition coefficient (Wildman–Crippen LogP) is 1.84. The van der Waals surface area contributed by atoms with E-state index >= 15 is 0 Å². The van der Waals surface area contributed by atoms with Gasteiger partial charge >= 0.3 is 5.97 Å². The van der Waals surface area contributed by atoms with Gasteiger partial charge in [0, 0.05) is 10.7 Å². The average molecular weight is 292 g/mol. The molecule has 13 heavy (non-hydrogen) atoms. The molecule has 0 spiro atoms. The molecule has 0 fully saturated rings. The van der Waals surface area contributed by atoms with Crippen molar-refractivity contribution in [2.75, 3.05) is 13.7 Å². The van der Waals surface area contributed by atoms with Gasteiger partial charge in [-0.25, -0.2) is 4.79 Å². The summed E-state index contributed by atoms with van der Waals surface area (Å²) in [5, 5.41) is 0. The van der Waals surface area contributed by atoms with Gasteiger partial charge in [-0.1, -0.05) is 6.07 Å². The van der Waals surface area contributed by atoms with E-state index in [0.717, 1.165) is 3.57 Å². The van der Waals surface area contributed by atoms with E-state index in [1.54, 1.807) is 12.1 Å². The van der Waals surface area contributed by atoms with Crippen LogP contribution in [0.15, 0.2) is 24.3 Å². The van der Waals surface area contributed by atoms with Crippen LogP contribution in [-0.4, -0.2) is 19.7 Å². The van der Waals surface area contributed by atoms with E-state index in [1.807, 2.05) is 12.1 Å². The SMILES string of the molecule is COCC(=O)Oc1cccc(I)c1. The van der Waals surface area contributed by atoms with Crippen molar-refractivity contribution in [3.05, 3.63) is 27.8 Å². The van der Waals surface area contributed by atoms with Crippen molar-refractivity contribution in [3.63, 3.8) is 0 Å². The number of carbonyl (C=O) groups excluding carboxylic acids is 1. The molecule has 0 aliphatic heterocycles. The average Bonchev–Trinajstić information content (AvgIpc) is 2.04. The van der Waals surface area contributed by atoms with Gasteiger partial charge in [0.1, 0.15) is 12.4 Å². The molecule has 1 aromatic rings. The molecule has 0 unspecified atom stereocenters. The highest BCUT2D eigenvalue weighted by Crippen LogP contribution is 2.14. The molecule has 0 aromatic heterocycles. The lowest BCUT2D eigenvalue weighted by Crippen LogP contribution is -2.14. The third-order valence-electron chi connectivity index (χ3n) is 1.29. The Morgan fingerprint density at radius 3 is 2.92 bits per heavy atom. The van der Waals surface area contributed by atoms with Crippen LogP contribution in [0.4, 0.5) is 0 Å². The smallest absolute Gasteiger partial charge is 0.337 e. The van der Waals surface area contributed by atoms with Gasteiger partial charge in [0.2, 0.25) is 0 Å². The molecule has 1 rings (SSSR count). The van der Waals surface area contributed by atoms with Gasteiger partial charge in [-0.2, -0.15) is 0 Å². The van der Waals surface area contributed by atoms with E-state index in [9.17, 15) is 4.79 Å². The number of hydrogen-bond acceptors (Lipinski definition) is 3. The molecule has 1 aromatic carbocycles. The topological polar surface area (TPSA) is 35.5 Å². The number of carbonyl (C=O) groups is 1. The zero-order chi connectivity index (χ0) is 9.68. The van der Waals surface area contributed by atoms with Gasteiger partial charge in [0.25, 0.3) is 0 Å². The highest BCUT2D eigenvalue weighted by molar-refractivity contribution is 14.1. The van der Waals surface area contributed by atoms with E-state index in [4.69, 9.17) is 4.74 Å². The number of ether oxygens (including phenoxy) is 2. The molecule has 0 amide bonds. The maximum absolute atomic E-state index is 11.0. The van der Waals surface area contributed by atoms with Crippen molar-refractivity contribution in [1.82, 2.24) is 0 Å². The Hall–Kier alpha value is -0.620. The van der Waals surface area contributed by atoms with E-state index < -0.39 is 0 Å². The molecule has 0 heterocycles. The van der Waals surface area contributed by atoms with Crippen LogP contribution in [0.1, 0.15) is 0 Å². The first-order chi connectivity index (χ1) is 6.22. The fraction of sp³-hybridized carbons (Fsp3) is 0.222. The summed E-state index contributed by atoms with van der Waals surface area (Å²) in [6.07, 6.45) is 0. The lowest BCUT2D eigenvalue weighted by atomic mass is 10.3. The van der Waals surface area contributed by atoms with Crippen molar-refractivity contribution >= 4 is 28.6 Å². The van der Waals surface area contributed by atoms with E-state index in [-0.39, 0.29) is 12.6 Å². The fourth-order valence-corrected chi connectivity index (χ4v) is 1.32. The largest absolute Gasteiger partial charge is 0.425 e. The second kappa shape index (κ2) is 5.18. The van der Waals surface area contributed by atoms with E-state index in [2.05, 4.69) is 27.3 Å². The van der Waals surface area contributed by atoms with Crippen molar-refractivity contribution in [2.45, 2.75) is 0 Å². The molecule has 3 nitrogen and oxygen atoms in total. The molecular formula is C9H9IO3. The van der Waals surface area contributed by atoms with Crippen LogP contribution < -0.4 is 4.74 Å². The minimum Gasteiger partial charge on any atom is -0.425 e. The van der Waals surface area contributed by atoms with Gasteiger partial charge in [-0.3, -0.25) is 0 Å². The summed E-state index contributed by atoms with van der Waals surface area (Å²) in [6, 6.07) is 7.27. The molecule has 0 saturated heterocycles. The van der Waals surface area contributed by atoms with Crippen LogP contribution in [-0.2, 0) is 9.53 Å². The van der Waals surface area contributed by atoms with E-state index in [0.29, 0.717) is 5.75 Å². The fourth-order valence-electron chi connectivity index (χ4n) is 0.809. The summed E-state index contributed by atoms with van der Waals surface area (Å²) in [7, 11) is 1.45. The minimum atomic E-state index is -0.385. The van der Waals surface area contributed by atoms with E-state index in [1.165, 1.54) is 7.11 Å². The Bertz CT molecular complexity index is 299. The van der Waals surface area contributed by atoms with Gasteiger partial charge in [0.15, 0.2) is 0 Å². The van der Waals surface area contributed by atoms with Gasteiger partial charge in [0.05, 0.1) is 0 Å². The second-order valence-electron chi connectivity index (χ2n) is 2.36. The van der Waals surface area contributed by atoms with Crippen LogP contribution in [0.5, 0.6) is 5.75 Å². The molecule has 0 saturated carbocycles.